The number of hydrogen-bond acceptors (Lipinski definition) is 5. The molecule has 0 aliphatic rings. The second-order valence-corrected chi connectivity index (χ2v) is 7.76. The molecule has 0 spiro atoms. The van der Waals surface area contributed by atoms with Crippen LogP contribution in [0.1, 0.15) is 10.8 Å². The highest BCUT2D eigenvalue weighted by Crippen LogP contribution is 2.35. The van der Waals surface area contributed by atoms with E-state index in [1.807, 2.05) is 30.3 Å². The molecule has 0 aliphatic heterocycles. The number of tetrazole rings is 1. The maximum atomic E-state index is 13.2. The van der Waals surface area contributed by atoms with E-state index in [9.17, 15) is 9.18 Å². The Bertz CT molecular complexity index is 1140. The van der Waals surface area contributed by atoms with E-state index in [0.717, 1.165) is 11.3 Å². The number of anilines is 1. The Hall–Kier alpha value is -3.23. The summed E-state index contributed by atoms with van der Waals surface area (Å²) in [5.41, 5.74) is 2.01. The molecule has 0 saturated heterocycles. The number of benzene rings is 3. The molecule has 30 heavy (non-hydrogen) atoms. The van der Waals surface area contributed by atoms with Crippen molar-refractivity contribution in [2.75, 3.05) is 5.32 Å². The molecule has 0 saturated carbocycles. The van der Waals surface area contributed by atoms with Gasteiger partial charge in [0.15, 0.2) is 0 Å². The van der Waals surface area contributed by atoms with E-state index in [1.54, 1.807) is 28.9 Å². The van der Waals surface area contributed by atoms with Gasteiger partial charge in [0.05, 0.1) is 5.69 Å². The lowest BCUT2D eigenvalue weighted by molar-refractivity contribution is -0.115. The van der Waals surface area contributed by atoms with E-state index in [-0.39, 0.29) is 11.7 Å². The summed E-state index contributed by atoms with van der Waals surface area (Å²) in [6.45, 7) is 0. The highest BCUT2D eigenvalue weighted by Gasteiger charge is 2.25. The van der Waals surface area contributed by atoms with Gasteiger partial charge in [-0.1, -0.05) is 53.7 Å². The average molecular weight is 440 g/mol. The summed E-state index contributed by atoms with van der Waals surface area (Å²) in [7, 11) is 0. The Morgan fingerprint density at radius 1 is 1.00 bits per heavy atom. The van der Waals surface area contributed by atoms with E-state index >= 15 is 0 Å². The normalized spacial score (nSPS) is 11.8. The van der Waals surface area contributed by atoms with Gasteiger partial charge in [0.2, 0.25) is 11.1 Å². The summed E-state index contributed by atoms with van der Waals surface area (Å²) in [6, 6.07) is 22.0. The first-order valence-corrected chi connectivity index (χ1v) is 10.2. The third kappa shape index (κ3) is 4.67. The fraction of sp³-hybridized carbons (Fsp3) is 0.0476. The summed E-state index contributed by atoms with van der Waals surface area (Å²) in [5.74, 6) is -0.646. The lowest BCUT2D eigenvalue weighted by atomic mass is 10.1. The lowest BCUT2D eigenvalue weighted by Crippen LogP contribution is -2.19. The van der Waals surface area contributed by atoms with Crippen molar-refractivity contribution >= 4 is 35.0 Å². The molecule has 1 heterocycles. The third-order valence-corrected chi connectivity index (χ3v) is 5.63. The van der Waals surface area contributed by atoms with Gasteiger partial charge in [0, 0.05) is 10.7 Å². The molecule has 150 valence electrons. The van der Waals surface area contributed by atoms with Crippen LogP contribution < -0.4 is 5.32 Å². The smallest absolute Gasteiger partial charge is 0.242 e. The van der Waals surface area contributed by atoms with Crippen LogP contribution in [0.2, 0.25) is 5.02 Å². The van der Waals surface area contributed by atoms with Crippen LogP contribution in [0.25, 0.3) is 5.69 Å². The zero-order valence-electron chi connectivity index (χ0n) is 15.4. The molecule has 9 heteroatoms. The van der Waals surface area contributed by atoms with Crippen molar-refractivity contribution in [3.63, 3.8) is 0 Å². The summed E-state index contributed by atoms with van der Waals surface area (Å²) in [4.78, 5) is 13.1. The molecular formula is C21H15ClFN5OS. The molecule has 0 fully saturated rings. The molecule has 4 aromatic rings. The van der Waals surface area contributed by atoms with Crippen LogP contribution in [-0.4, -0.2) is 26.1 Å². The van der Waals surface area contributed by atoms with Crippen molar-refractivity contribution in [1.29, 1.82) is 0 Å². The zero-order chi connectivity index (χ0) is 20.9. The summed E-state index contributed by atoms with van der Waals surface area (Å²) in [5, 5.41) is 15.1. The first-order chi connectivity index (χ1) is 14.6. The number of nitrogens with zero attached hydrogens (tertiary/aromatic N) is 4. The van der Waals surface area contributed by atoms with Gasteiger partial charge >= 0.3 is 0 Å². The van der Waals surface area contributed by atoms with Crippen LogP contribution in [0.5, 0.6) is 0 Å². The van der Waals surface area contributed by atoms with Crippen LogP contribution in [-0.2, 0) is 4.79 Å². The lowest BCUT2D eigenvalue weighted by Gasteiger charge is -2.16. The van der Waals surface area contributed by atoms with Gasteiger partial charge in [0.1, 0.15) is 11.1 Å². The number of nitrogens with one attached hydrogen (secondary N) is 1. The minimum absolute atomic E-state index is 0.275. The molecule has 1 atom stereocenters. The van der Waals surface area contributed by atoms with E-state index < -0.39 is 5.25 Å². The van der Waals surface area contributed by atoms with Crippen LogP contribution in [0.3, 0.4) is 0 Å². The summed E-state index contributed by atoms with van der Waals surface area (Å²) >= 11 is 7.18. The molecule has 6 nitrogen and oxygen atoms in total. The number of carbonyl (C=O) groups is 1. The second kappa shape index (κ2) is 9.06. The molecule has 1 amide bonds. The number of hydrogen-bond donors (Lipinski definition) is 1. The number of halogens is 2. The molecule has 0 aliphatic carbocycles. The monoisotopic (exact) mass is 439 g/mol. The SMILES string of the molecule is O=C(Nc1ccc(F)cc1)[C@@H](Sc1nnnn1-c1ccc(Cl)cc1)c1ccccc1. The minimum atomic E-state index is -0.631. The number of amides is 1. The third-order valence-electron chi connectivity index (χ3n) is 4.19. The number of thioether (sulfide) groups is 1. The van der Waals surface area contributed by atoms with Gasteiger partial charge in [-0.2, -0.15) is 4.68 Å². The number of rotatable bonds is 6. The first kappa shape index (κ1) is 20.1. The largest absolute Gasteiger partial charge is 0.325 e. The Kier molecular flexibility index (Phi) is 6.06. The highest BCUT2D eigenvalue weighted by atomic mass is 35.5. The van der Waals surface area contributed by atoms with Gasteiger partial charge in [-0.3, -0.25) is 4.79 Å². The van der Waals surface area contributed by atoms with Crippen LogP contribution in [0.15, 0.2) is 84.0 Å². The molecule has 0 bridgehead atoms. The number of aromatic nitrogens is 4. The number of carbonyl (C=O) groups excluding carboxylic acids is 1. The molecule has 3 aromatic carbocycles. The fourth-order valence-electron chi connectivity index (χ4n) is 2.74. The van der Waals surface area contributed by atoms with E-state index in [0.29, 0.717) is 15.9 Å². The molecule has 4 rings (SSSR count). The Morgan fingerprint density at radius 2 is 1.70 bits per heavy atom. The molecule has 1 N–H and O–H groups in total. The van der Waals surface area contributed by atoms with Gasteiger partial charge in [-0.15, -0.1) is 5.10 Å². The van der Waals surface area contributed by atoms with Crippen LogP contribution >= 0.6 is 23.4 Å². The standard InChI is InChI=1S/C21H15ClFN5OS/c22-15-6-12-18(13-7-15)28-21(25-26-27-28)30-19(14-4-2-1-3-5-14)20(29)24-17-10-8-16(23)9-11-17/h1-13,19H,(H,24,29)/t19-/m0/s1. The van der Waals surface area contributed by atoms with Gasteiger partial charge in [0.25, 0.3) is 0 Å². The van der Waals surface area contributed by atoms with E-state index in [1.165, 1.54) is 36.0 Å². The van der Waals surface area contributed by atoms with Crippen molar-refractivity contribution in [1.82, 2.24) is 20.2 Å². The Labute approximate surface area is 181 Å². The predicted octanol–water partition coefficient (Wildman–Crippen LogP) is 4.93. The zero-order valence-corrected chi connectivity index (χ0v) is 17.0. The Morgan fingerprint density at radius 3 is 2.40 bits per heavy atom. The highest BCUT2D eigenvalue weighted by molar-refractivity contribution is 8.00. The average Bonchev–Trinajstić information content (AvgIpc) is 3.23. The van der Waals surface area contributed by atoms with Gasteiger partial charge < -0.3 is 5.32 Å². The molecular weight excluding hydrogens is 425 g/mol. The van der Waals surface area contributed by atoms with Crippen LogP contribution in [0, 0.1) is 5.82 Å². The van der Waals surface area contributed by atoms with Crippen molar-refractivity contribution in [3.05, 3.63) is 95.3 Å². The Balaban J connectivity index is 1.63. The van der Waals surface area contributed by atoms with Crippen molar-refractivity contribution in [2.24, 2.45) is 0 Å². The second-order valence-electron chi connectivity index (χ2n) is 6.25. The van der Waals surface area contributed by atoms with Crippen molar-refractivity contribution in [3.8, 4) is 5.69 Å². The molecule has 0 unspecified atom stereocenters. The summed E-state index contributed by atoms with van der Waals surface area (Å²) in [6.07, 6.45) is 0. The maximum absolute atomic E-state index is 13.2. The van der Waals surface area contributed by atoms with E-state index in [2.05, 4.69) is 20.8 Å². The predicted molar refractivity (Wildman–Crippen MR) is 114 cm³/mol. The van der Waals surface area contributed by atoms with E-state index in [4.69, 9.17) is 11.6 Å². The quantitative estimate of drug-likeness (QED) is 0.431. The fourth-order valence-corrected chi connectivity index (χ4v) is 3.87. The van der Waals surface area contributed by atoms with Crippen molar-refractivity contribution < 1.29 is 9.18 Å². The minimum Gasteiger partial charge on any atom is -0.325 e. The topological polar surface area (TPSA) is 72.7 Å². The van der Waals surface area contributed by atoms with Crippen molar-refractivity contribution in [2.45, 2.75) is 10.4 Å². The van der Waals surface area contributed by atoms with Gasteiger partial charge in [-0.05, 0) is 64.5 Å². The maximum Gasteiger partial charge on any atom is 0.242 e. The first-order valence-electron chi connectivity index (χ1n) is 8.92. The summed E-state index contributed by atoms with van der Waals surface area (Å²) < 4.78 is 14.7. The molecule has 1 aromatic heterocycles. The van der Waals surface area contributed by atoms with Crippen LogP contribution in [0.4, 0.5) is 10.1 Å². The van der Waals surface area contributed by atoms with Gasteiger partial charge in [-0.25, -0.2) is 4.39 Å². The molecule has 0 radical (unpaired) electrons.